The summed E-state index contributed by atoms with van der Waals surface area (Å²) in [6.07, 6.45) is 10.1. The standard InChI is InChI=1S/C15H28N2O/c18-14-6-2-1-5-13(14)17-10-4-8-15(12-17)7-3-9-16-11-15/h13-14,16,18H,1-12H2. The van der Waals surface area contributed by atoms with Gasteiger partial charge in [-0.3, -0.25) is 4.90 Å². The maximum absolute atomic E-state index is 10.3. The molecule has 0 aromatic carbocycles. The molecule has 18 heavy (non-hydrogen) atoms. The number of nitrogens with one attached hydrogen (secondary N) is 1. The smallest absolute Gasteiger partial charge is 0.0695 e. The Balaban J connectivity index is 1.65. The molecule has 3 unspecified atom stereocenters. The summed E-state index contributed by atoms with van der Waals surface area (Å²) in [7, 11) is 0. The zero-order valence-corrected chi connectivity index (χ0v) is 11.5. The Hall–Kier alpha value is -0.120. The minimum Gasteiger partial charge on any atom is -0.391 e. The lowest BCUT2D eigenvalue weighted by Gasteiger charge is -2.49. The van der Waals surface area contributed by atoms with Gasteiger partial charge in [0.15, 0.2) is 0 Å². The average Bonchev–Trinajstić information content (AvgIpc) is 2.40. The molecule has 1 aliphatic carbocycles. The molecule has 104 valence electrons. The summed E-state index contributed by atoms with van der Waals surface area (Å²) in [6, 6.07) is 0.456. The molecular formula is C15H28N2O. The number of hydrogen-bond acceptors (Lipinski definition) is 3. The van der Waals surface area contributed by atoms with Gasteiger partial charge in [-0.1, -0.05) is 12.8 Å². The fraction of sp³-hybridized carbons (Fsp3) is 1.00. The summed E-state index contributed by atoms with van der Waals surface area (Å²) in [5.74, 6) is 0. The third-order valence-corrected chi connectivity index (χ3v) is 5.41. The molecule has 0 bridgehead atoms. The zero-order valence-electron chi connectivity index (χ0n) is 11.5. The van der Waals surface area contributed by atoms with Crippen LogP contribution in [0.3, 0.4) is 0 Å². The van der Waals surface area contributed by atoms with Crippen molar-refractivity contribution < 1.29 is 5.11 Å². The lowest BCUT2D eigenvalue weighted by atomic mass is 9.73. The van der Waals surface area contributed by atoms with E-state index in [1.807, 2.05) is 0 Å². The highest BCUT2D eigenvalue weighted by Gasteiger charge is 2.40. The lowest BCUT2D eigenvalue weighted by Crippen LogP contribution is -2.56. The molecule has 3 aliphatic rings. The molecule has 3 fully saturated rings. The van der Waals surface area contributed by atoms with Crippen LogP contribution in [0.4, 0.5) is 0 Å². The molecule has 2 aliphatic heterocycles. The van der Waals surface area contributed by atoms with Crippen LogP contribution in [-0.4, -0.2) is 48.3 Å². The van der Waals surface area contributed by atoms with Gasteiger partial charge >= 0.3 is 0 Å². The van der Waals surface area contributed by atoms with Crippen molar-refractivity contribution >= 4 is 0 Å². The molecule has 0 aromatic rings. The van der Waals surface area contributed by atoms with Crippen molar-refractivity contribution in [3.05, 3.63) is 0 Å². The van der Waals surface area contributed by atoms with Gasteiger partial charge in [0.05, 0.1) is 6.10 Å². The number of rotatable bonds is 1. The van der Waals surface area contributed by atoms with Gasteiger partial charge in [-0.15, -0.1) is 0 Å². The summed E-state index contributed by atoms with van der Waals surface area (Å²) in [5, 5.41) is 13.8. The van der Waals surface area contributed by atoms with E-state index in [9.17, 15) is 5.11 Å². The SMILES string of the molecule is OC1CCCCC1N1CCCC2(CCCNC2)C1. The molecule has 1 spiro atoms. The molecule has 0 amide bonds. The second-order valence-corrected chi connectivity index (χ2v) is 6.77. The van der Waals surface area contributed by atoms with Gasteiger partial charge < -0.3 is 10.4 Å². The van der Waals surface area contributed by atoms with Gasteiger partial charge in [0.1, 0.15) is 0 Å². The summed E-state index contributed by atoms with van der Waals surface area (Å²) in [5.41, 5.74) is 0.521. The topological polar surface area (TPSA) is 35.5 Å². The maximum Gasteiger partial charge on any atom is 0.0695 e. The van der Waals surface area contributed by atoms with E-state index in [0.717, 1.165) is 6.42 Å². The van der Waals surface area contributed by atoms with Crippen molar-refractivity contribution in [2.24, 2.45) is 5.41 Å². The number of nitrogens with zero attached hydrogens (tertiary/aromatic N) is 1. The van der Waals surface area contributed by atoms with Crippen LogP contribution >= 0.6 is 0 Å². The fourth-order valence-electron chi connectivity index (χ4n) is 4.43. The molecule has 3 atom stereocenters. The third-order valence-electron chi connectivity index (χ3n) is 5.41. The maximum atomic E-state index is 10.3. The number of aliphatic hydroxyl groups is 1. The first-order valence-electron chi connectivity index (χ1n) is 7.92. The van der Waals surface area contributed by atoms with Crippen molar-refractivity contribution in [2.45, 2.75) is 63.5 Å². The van der Waals surface area contributed by atoms with E-state index in [1.54, 1.807) is 0 Å². The van der Waals surface area contributed by atoms with Crippen molar-refractivity contribution in [1.82, 2.24) is 10.2 Å². The largest absolute Gasteiger partial charge is 0.391 e. The molecule has 3 heteroatoms. The Bertz CT molecular complexity index is 270. The van der Waals surface area contributed by atoms with Crippen molar-refractivity contribution in [2.75, 3.05) is 26.2 Å². The minimum atomic E-state index is -0.0644. The molecule has 2 N–H and O–H groups in total. The molecule has 3 rings (SSSR count). The van der Waals surface area contributed by atoms with E-state index in [-0.39, 0.29) is 6.10 Å². The first kappa shape index (κ1) is 12.9. The van der Waals surface area contributed by atoms with Gasteiger partial charge in [0.25, 0.3) is 0 Å². The second kappa shape index (κ2) is 5.48. The highest BCUT2D eigenvalue weighted by molar-refractivity contribution is 4.95. The summed E-state index contributed by atoms with van der Waals surface area (Å²) < 4.78 is 0. The quantitative estimate of drug-likeness (QED) is 0.746. The first-order valence-corrected chi connectivity index (χ1v) is 7.92. The normalized spacial score (nSPS) is 43.2. The van der Waals surface area contributed by atoms with Gasteiger partial charge in [0.2, 0.25) is 0 Å². The van der Waals surface area contributed by atoms with Crippen LogP contribution in [0.2, 0.25) is 0 Å². The predicted octanol–water partition coefficient (Wildman–Crippen LogP) is 1.76. The number of piperidine rings is 2. The van der Waals surface area contributed by atoms with E-state index >= 15 is 0 Å². The van der Waals surface area contributed by atoms with Crippen LogP contribution in [0.1, 0.15) is 51.4 Å². The summed E-state index contributed by atoms with van der Waals surface area (Å²) in [4.78, 5) is 2.63. The third kappa shape index (κ3) is 2.59. The predicted molar refractivity (Wildman–Crippen MR) is 73.6 cm³/mol. The minimum absolute atomic E-state index is 0.0644. The molecule has 0 radical (unpaired) electrons. The van der Waals surface area contributed by atoms with Crippen LogP contribution < -0.4 is 5.32 Å². The van der Waals surface area contributed by atoms with Crippen LogP contribution in [0.25, 0.3) is 0 Å². The Morgan fingerprint density at radius 1 is 1.06 bits per heavy atom. The molecule has 2 saturated heterocycles. The Morgan fingerprint density at radius 2 is 1.89 bits per heavy atom. The summed E-state index contributed by atoms with van der Waals surface area (Å²) in [6.45, 7) is 4.84. The van der Waals surface area contributed by atoms with Crippen LogP contribution in [0.5, 0.6) is 0 Å². The Kier molecular flexibility index (Phi) is 3.92. The van der Waals surface area contributed by atoms with E-state index in [0.29, 0.717) is 11.5 Å². The second-order valence-electron chi connectivity index (χ2n) is 6.77. The highest BCUT2D eigenvalue weighted by Crippen LogP contribution is 2.38. The number of hydrogen-bond donors (Lipinski definition) is 2. The van der Waals surface area contributed by atoms with E-state index < -0.39 is 0 Å². The number of aliphatic hydroxyl groups excluding tert-OH is 1. The van der Waals surface area contributed by atoms with Gasteiger partial charge in [-0.2, -0.15) is 0 Å². The van der Waals surface area contributed by atoms with E-state index in [4.69, 9.17) is 0 Å². The van der Waals surface area contributed by atoms with Crippen molar-refractivity contribution in [3.63, 3.8) is 0 Å². The van der Waals surface area contributed by atoms with Gasteiger partial charge in [0, 0.05) is 19.1 Å². The van der Waals surface area contributed by atoms with Gasteiger partial charge in [-0.25, -0.2) is 0 Å². The lowest BCUT2D eigenvalue weighted by molar-refractivity contribution is -0.0288. The Morgan fingerprint density at radius 3 is 2.67 bits per heavy atom. The molecular weight excluding hydrogens is 224 g/mol. The van der Waals surface area contributed by atoms with Crippen LogP contribution in [0.15, 0.2) is 0 Å². The van der Waals surface area contributed by atoms with Crippen LogP contribution in [-0.2, 0) is 0 Å². The molecule has 1 saturated carbocycles. The average molecular weight is 252 g/mol. The highest BCUT2D eigenvalue weighted by atomic mass is 16.3. The number of likely N-dealkylation sites (tertiary alicyclic amines) is 1. The van der Waals surface area contributed by atoms with E-state index in [1.165, 1.54) is 71.1 Å². The molecule has 2 heterocycles. The molecule has 3 nitrogen and oxygen atoms in total. The van der Waals surface area contributed by atoms with Crippen LogP contribution in [0, 0.1) is 5.41 Å². The molecule has 0 aromatic heterocycles. The van der Waals surface area contributed by atoms with Crippen molar-refractivity contribution in [3.8, 4) is 0 Å². The summed E-state index contributed by atoms with van der Waals surface area (Å²) >= 11 is 0. The Labute approximate surface area is 111 Å². The monoisotopic (exact) mass is 252 g/mol. The zero-order chi connectivity index (χ0) is 12.4. The first-order chi connectivity index (χ1) is 8.79. The van der Waals surface area contributed by atoms with Crippen molar-refractivity contribution in [1.29, 1.82) is 0 Å². The fourth-order valence-corrected chi connectivity index (χ4v) is 4.43. The van der Waals surface area contributed by atoms with E-state index in [2.05, 4.69) is 10.2 Å². The van der Waals surface area contributed by atoms with Gasteiger partial charge in [-0.05, 0) is 57.0 Å².